The number of hydrogen-bond acceptors (Lipinski definition) is 4. The summed E-state index contributed by atoms with van der Waals surface area (Å²) in [4.78, 5) is 12.9. The van der Waals surface area contributed by atoms with Crippen molar-refractivity contribution in [1.29, 1.82) is 0 Å². The average Bonchev–Trinajstić information content (AvgIpc) is 2.70. The molecule has 1 N–H and O–H groups in total. The smallest absolute Gasteiger partial charge is 0.243 e. The second-order valence-corrected chi connectivity index (χ2v) is 9.73. The molecule has 1 unspecified atom stereocenters. The van der Waals surface area contributed by atoms with Crippen molar-refractivity contribution >= 4 is 44.8 Å². The molecule has 0 bridgehead atoms. The Morgan fingerprint density at radius 2 is 1.97 bits per heavy atom. The number of carbonyl (C=O) groups excluding carboxylic acids is 1. The minimum Gasteiger partial charge on any atom is -0.496 e. The number of sulfonamides is 1. The minimum atomic E-state index is -3.71. The van der Waals surface area contributed by atoms with Crippen molar-refractivity contribution in [1.82, 2.24) is 4.31 Å². The number of ether oxygens (including phenoxy) is 1. The number of benzene rings is 2. The largest absolute Gasteiger partial charge is 0.496 e. The molecule has 1 atom stereocenters. The monoisotopic (exact) mass is 456 g/mol. The number of hydrogen-bond donors (Lipinski definition) is 1. The molecular weight excluding hydrogens is 435 g/mol. The number of methoxy groups -OCH3 is 1. The van der Waals surface area contributed by atoms with Gasteiger partial charge in [0.05, 0.1) is 28.6 Å². The number of carbonyl (C=O) groups is 1. The topological polar surface area (TPSA) is 75.7 Å². The van der Waals surface area contributed by atoms with Crippen LogP contribution in [0.5, 0.6) is 5.75 Å². The van der Waals surface area contributed by atoms with E-state index in [4.69, 9.17) is 27.9 Å². The summed E-state index contributed by atoms with van der Waals surface area (Å²) in [5, 5.41) is 3.59. The first kappa shape index (κ1) is 21.9. The predicted octanol–water partition coefficient (Wildman–Crippen LogP) is 4.35. The number of anilines is 1. The molecule has 3 rings (SSSR count). The van der Waals surface area contributed by atoms with Crippen LogP contribution in [0.3, 0.4) is 0 Å². The first-order valence-corrected chi connectivity index (χ1v) is 11.3. The van der Waals surface area contributed by atoms with Gasteiger partial charge in [-0.1, -0.05) is 23.2 Å². The maximum atomic E-state index is 13.1. The normalized spacial score (nSPS) is 17.7. The Labute approximate surface area is 180 Å². The van der Waals surface area contributed by atoms with E-state index in [0.29, 0.717) is 40.9 Å². The number of nitrogens with zero attached hydrogens (tertiary/aromatic N) is 1. The van der Waals surface area contributed by atoms with Crippen molar-refractivity contribution in [3.05, 3.63) is 52.0 Å². The third kappa shape index (κ3) is 4.86. The molecule has 1 aliphatic heterocycles. The molecule has 0 saturated carbocycles. The van der Waals surface area contributed by atoms with Crippen LogP contribution in [0, 0.1) is 12.8 Å². The van der Waals surface area contributed by atoms with Gasteiger partial charge in [0.15, 0.2) is 0 Å². The molecule has 2 aromatic rings. The summed E-state index contributed by atoms with van der Waals surface area (Å²) in [5.41, 5.74) is 1.14. The highest BCUT2D eigenvalue weighted by Crippen LogP contribution is 2.29. The molecule has 6 nitrogen and oxygen atoms in total. The van der Waals surface area contributed by atoms with Crippen LogP contribution in [0.4, 0.5) is 5.69 Å². The summed E-state index contributed by atoms with van der Waals surface area (Å²) in [5.74, 6) is -0.133. The second kappa shape index (κ2) is 8.92. The number of halogens is 2. The van der Waals surface area contributed by atoms with E-state index in [9.17, 15) is 13.2 Å². The summed E-state index contributed by atoms with van der Waals surface area (Å²) in [7, 11) is -2.17. The average molecular weight is 457 g/mol. The highest BCUT2D eigenvalue weighted by molar-refractivity contribution is 7.89. The number of aryl methyl sites for hydroxylation is 1. The lowest BCUT2D eigenvalue weighted by atomic mass is 9.99. The van der Waals surface area contributed by atoms with Crippen LogP contribution >= 0.6 is 23.2 Å². The van der Waals surface area contributed by atoms with Gasteiger partial charge >= 0.3 is 0 Å². The van der Waals surface area contributed by atoms with E-state index in [2.05, 4.69) is 5.32 Å². The number of amides is 1. The fourth-order valence-corrected chi connectivity index (χ4v) is 5.31. The minimum absolute atomic E-state index is 0.109. The van der Waals surface area contributed by atoms with Gasteiger partial charge in [0, 0.05) is 18.1 Å². The van der Waals surface area contributed by atoms with Crippen LogP contribution in [0.25, 0.3) is 0 Å². The molecule has 2 aromatic carbocycles. The predicted molar refractivity (Wildman–Crippen MR) is 114 cm³/mol. The van der Waals surface area contributed by atoms with Gasteiger partial charge in [-0.3, -0.25) is 4.79 Å². The van der Waals surface area contributed by atoms with Gasteiger partial charge in [-0.2, -0.15) is 4.31 Å². The third-order valence-electron chi connectivity index (χ3n) is 4.95. The Kier molecular flexibility index (Phi) is 6.73. The first-order chi connectivity index (χ1) is 13.7. The highest BCUT2D eigenvalue weighted by atomic mass is 35.5. The van der Waals surface area contributed by atoms with Crippen molar-refractivity contribution in [2.75, 3.05) is 25.5 Å². The SMILES string of the molecule is COc1ccc(S(=O)(=O)N2CCCC(C(=O)Nc3cc(Cl)ccc3Cl)C2)cc1C. The van der Waals surface area contributed by atoms with Gasteiger partial charge in [-0.05, 0) is 61.7 Å². The number of piperidine rings is 1. The molecule has 0 aromatic heterocycles. The Morgan fingerprint density at radius 3 is 2.66 bits per heavy atom. The Morgan fingerprint density at radius 1 is 1.21 bits per heavy atom. The van der Waals surface area contributed by atoms with E-state index >= 15 is 0 Å². The summed E-state index contributed by atoms with van der Waals surface area (Å²) < 4.78 is 32.7. The molecule has 9 heteroatoms. The molecule has 0 aliphatic carbocycles. The van der Waals surface area contributed by atoms with Crippen LogP contribution in [0.1, 0.15) is 18.4 Å². The van der Waals surface area contributed by atoms with Gasteiger partial charge in [-0.15, -0.1) is 0 Å². The summed E-state index contributed by atoms with van der Waals surface area (Å²) >= 11 is 12.1. The highest BCUT2D eigenvalue weighted by Gasteiger charge is 2.33. The lowest BCUT2D eigenvalue weighted by molar-refractivity contribution is -0.120. The van der Waals surface area contributed by atoms with Crippen molar-refractivity contribution in [2.45, 2.75) is 24.7 Å². The summed E-state index contributed by atoms with van der Waals surface area (Å²) in [6.45, 7) is 2.27. The van der Waals surface area contributed by atoms with E-state index in [1.807, 2.05) is 0 Å². The van der Waals surface area contributed by atoms with Crippen LogP contribution in [-0.4, -0.2) is 38.8 Å². The van der Waals surface area contributed by atoms with E-state index in [1.165, 1.54) is 17.5 Å². The Bertz CT molecular complexity index is 1030. The van der Waals surface area contributed by atoms with Crippen LogP contribution in [0.2, 0.25) is 10.0 Å². The molecule has 1 fully saturated rings. The van der Waals surface area contributed by atoms with Crippen LogP contribution in [-0.2, 0) is 14.8 Å². The van der Waals surface area contributed by atoms with Crippen molar-refractivity contribution in [3.8, 4) is 5.75 Å². The van der Waals surface area contributed by atoms with E-state index in [-0.39, 0.29) is 17.3 Å². The lowest BCUT2D eigenvalue weighted by Crippen LogP contribution is -2.43. The molecule has 156 valence electrons. The fraction of sp³-hybridized carbons (Fsp3) is 0.350. The lowest BCUT2D eigenvalue weighted by Gasteiger charge is -2.31. The zero-order valence-electron chi connectivity index (χ0n) is 16.1. The molecule has 29 heavy (non-hydrogen) atoms. The second-order valence-electron chi connectivity index (χ2n) is 6.95. The molecular formula is C20H22Cl2N2O4S. The van der Waals surface area contributed by atoms with E-state index in [1.54, 1.807) is 37.3 Å². The van der Waals surface area contributed by atoms with Crippen molar-refractivity contribution < 1.29 is 17.9 Å². The third-order valence-corrected chi connectivity index (χ3v) is 7.37. The van der Waals surface area contributed by atoms with Gasteiger partial charge in [0.25, 0.3) is 0 Å². The van der Waals surface area contributed by atoms with Crippen LogP contribution < -0.4 is 10.1 Å². The standard InChI is InChI=1S/C20H22Cl2N2O4S/c1-13-10-16(6-8-19(13)28-2)29(26,27)24-9-3-4-14(12-24)20(25)23-18-11-15(21)5-7-17(18)22/h5-8,10-11,14H,3-4,9,12H2,1-2H3,(H,23,25). The molecule has 1 amide bonds. The molecule has 0 radical (unpaired) electrons. The first-order valence-electron chi connectivity index (χ1n) is 9.13. The maximum absolute atomic E-state index is 13.1. The number of rotatable bonds is 5. The summed E-state index contributed by atoms with van der Waals surface area (Å²) in [6, 6.07) is 9.55. The summed E-state index contributed by atoms with van der Waals surface area (Å²) in [6.07, 6.45) is 1.19. The van der Waals surface area contributed by atoms with E-state index < -0.39 is 15.9 Å². The molecule has 1 heterocycles. The van der Waals surface area contributed by atoms with Gasteiger partial charge in [0.2, 0.25) is 15.9 Å². The molecule has 1 aliphatic rings. The fourth-order valence-electron chi connectivity index (χ4n) is 3.36. The van der Waals surface area contributed by atoms with Gasteiger partial charge in [0.1, 0.15) is 5.75 Å². The maximum Gasteiger partial charge on any atom is 0.243 e. The Hall–Kier alpha value is -1.80. The van der Waals surface area contributed by atoms with Crippen LogP contribution in [0.15, 0.2) is 41.3 Å². The van der Waals surface area contributed by atoms with E-state index in [0.717, 1.165) is 5.56 Å². The van der Waals surface area contributed by atoms with Crippen molar-refractivity contribution in [2.24, 2.45) is 5.92 Å². The Balaban J connectivity index is 1.76. The quantitative estimate of drug-likeness (QED) is 0.725. The zero-order valence-corrected chi connectivity index (χ0v) is 18.4. The molecule has 1 saturated heterocycles. The molecule has 0 spiro atoms. The van der Waals surface area contributed by atoms with Gasteiger partial charge < -0.3 is 10.1 Å². The zero-order chi connectivity index (χ0) is 21.2. The number of nitrogens with one attached hydrogen (secondary N) is 1. The van der Waals surface area contributed by atoms with Crippen molar-refractivity contribution in [3.63, 3.8) is 0 Å². The van der Waals surface area contributed by atoms with Gasteiger partial charge in [-0.25, -0.2) is 8.42 Å².